The normalized spacial score (nSPS) is 22.2. The lowest BCUT2D eigenvalue weighted by molar-refractivity contribution is -0.124. The maximum atomic E-state index is 12.9. The summed E-state index contributed by atoms with van der Waals surface area (Å²) in [7, 11) is -3.48. The van der Waals surface area contributed by atoms with E-state index in [2.05, 4.69) is 68.6 Å². The number of benzene rings is 2. The highest BCUT2D eigenvalue weighted by Crippen LogP contribution is 2.39. The van der Waals surface area contributed by atoms with Gasteiger partial charge >= 0.3 is 0 Å². The van der Waals surface area contributed by atoms with Crippen molar-refractivity contribution in [2.45, 2.75) is 109 Å². The molecule has 0 aromatic heterocycles. The number of hydrogen-bond acceptors (Lipinski definition) is 4. The van der Waals surface area contributed by atoms with E-state index in [1.807, 2.05) is 6.92 Å². The molecule has 1 saturated carbocycles. The molecule has 5 rings (SSSR count). The van der Waals surface area contributed by atoms with Crippen LogP contribution in [0.3, 0.4) is 0 Å². The second-order valence-corrected chi connectivity index (χ2v) is 13.2. The van der Waals surface area contributed by atoms with Crippen molar-refractivity contribution in [2.24, 2.45) is 16.8 Å². The van der Waals surface area contributed by atoms with Gasteiger partial charge in [-0.1, -0.05) is 89.1 Å². The first-order chi connectivity index (χ1) is 20.2. The van der Waals surface area contributed by atoms with Crippen LogP contribution in [0.1, 0.15) is 103 Å². The Balaban J connectivity index is 0.000000611. The zero-order chi connectivity index (χ0) is 31.0. The molecular weight excluding hydrogens is 542 g/mol. The lowest BCUT2D eigenvalue weighted by Crippen LogP contribution is -2.38. The Bertz CT molecular complexity index is 1220. The van der Waals surface area contributed by atoms with Gasteiger partial charge in [-0.05, 0) is 74.6 Å². The van der Waals surface area contributed by atoms with E-state index in [9.17, 15) is 13.2 Å². The molecule has 0 bridgehead atoms. The smallest absolute Gasteiger partial charge is 0.240 e. The molecule has 0 saturated heterocycles. The molecule has 6 nitrogen and oxygen atoms in total. The number of sulfonamides is 1. The van der Waals surface area contributed by atoms with Crippen molar-refractivity contribution in [1.82, 2.24) is 10.0 Å². The summed E-state index contributed by atoms with van der Waals surface area (Å²) in [5.74, 6) is 1.53. The van der Waals surface area contributed by atoms with Crippen LogP contribution in [-0.2, 0) is 21.2 Å². The molecule has 232 valence electrons. The largest absolute Gasteiger partial charge is 0.314 e. The van der Waals surface area contributed by atoms with Gasteiger partial charge in [0.25, 0.3) is 0 Å². The standard InChI is InChI=1S/C26H31N3O3S.2C3H8.C3H6/c30-26(29-25-16-23-22-9-5-4-6-19(22)14-15-24(23)28-25)20-12-10-18(11-13-20)17-27-33(31,32)21-7-2-1-3-8-21;3*1-3-2/h1-9,18,20,23-24,27H,10-17H2,(H,28,29,30);2*3H2,1-2H3;3H,1H2,2H3. The molecule has 0 spiro atoms. The Morgan fingerprint density at radius 3 is 2.12 bits per heavy atom. The first-order valence-corrected chi connectivity index (χ1v) is 17.3. The molecule has 42 heavy (non-hydrogen) atoms. The molecule has 0 radical (unpaired) electrons. The maximum Gasteiger partial charge on any atom is 0.240 e. The molecule has 7 heteroatoms. The van der Waals surface area contributed by atoms with Crippen molar-refractivity contribution in [3.63, 3.8) is 0 Å². The van der Waals surface area contributed by atoms with Gasteiger partial charge in [0.15, 0.2) is 0 Å². The highest BCUT2D eigenvalue weighted by Gasteiger charge is 2.36. The number of carbonyl (C=O) groups is 1. The number of aliphatic imine (C=N–C) groups is 1. The zero-order valence-corrected chi connectivity index (χ0v) is 27.3. The van der Waals surface area contributed by atoms with Crippen LogP contribution in [0.25, 0.3) is 0 Å². The molecule has 2 N–H and O–H groups in total. The quantitative estimate of drug-likeness (QED) is 0.346. The fourth-order valence-electron chi connectivity index (χ4n) is 5.56. The third kappa shape index (κ3) is 10.8. The summed E-state index contributed by atoms with van der Waals surface area (Å²) in [6.07, 6.45) is 10.4. The highest BCUT2D eigenvalue weighted by atomic mass is 32.2. The van der Waals surface area contributed by atoms with E-state index in [0.717, 1.165) is 50.8 Å². The number of nitrogens with zero attached hydrogens (tertiary/aromatic N) is 1. The molecule has 2 aliphatic carbocycles. The number of aryl methyl sites for hydroxylation is 1. The first kappa shape index (κ1) is 35.4. The Kier molecular flexibility index (Phi) is 15.8. The average molecular weight is 596 g/mol. The molecule has 1 fully saturated rings. The molecule has 1 heterocycles. The van der Waals surface area contributed by atoms with Crippen LogP contribution >= 0.6 is 0 Å². The fourth-order valence-corrected chi connectivity index (χ4v) is 6.70. The Morgan fingerprint density at radius 1 is 0.929 bits per heavy atom. The lowest BCUT2D eigenvalue weighted by atomic mass is 9.79. The third-order valence-electron chi connectivity index (χ3n) is 7.46. The van der Waals surface area contributed by atoms with E-state index in [0.29, 0.717) is 17.4 Å². The number of amides is 1. The summed E-state index contributed by atoms with van der Waals surface area (Å²) in [6, 6.07) is 17.3. The Labute approximate surface area is 255 Å². The maximum absolute atomic E-state index is 12.9. The topological polar surface area (TPSA) is 87.6 Å². The van der Waals surface area contributed by atoms with Gasteiger partial charge in [0, 0.05) is 24.8 Å². The molecule has 2 aromatic rings. The predicted molar refractivity (Wildman–Crippen MR) is 176 cm³/mol. The molecule has 2 unspecified atom stereocenters. The van der Waals surface area contributed by atoms with Crippen LogP contribution < -0.4 is 10.0 Å². The highest BCUT2D eigenvalue weighted by molar-refractivity contribution is 7.89. The molecule has 2 aromatic carbocycles. The van der Waals surface area contributed by atoms with Gasteiger partial charge in [-0.15, -0.1) is 6.58 Å². The minimum Gasteiger partial charge on any atom is -0.314 e. The van der Waals surface area contributed by atoms with Gasteiger partial charge in [0.2, 0.25) is 15.9 Å². The SMILES string of the molecule is C=CC.CCC.CCC.O=C(NC1=NC2CCc3ccccc3C2C1)C1CCC(CNS(=O)(=O)c2ccccc2)CC1. The number of fused-ring (bicyclic) bond motifs is 3. The van der Waals surface area contributed by atoms with E-state index in [1.54, 1.807) is 36.4 Å². The monoisotopic (exact) mass is 595 g/mol. The van der Waals surface area contributed by atoms with Gasteiger partial charge in [0.05, 0.1) is 10.9 Å². The number of amidine groups is 1. The summed E-state index contributed by atoms with van der Waals surface area (Å²) < 4.78 is 27.6. The first-order valence-electron chi connectivity index (χ1n) is 15.8. The fraction of sp³-hybridized carbons (Fsp3) is 0.543. The van der Waals surface area contributed by atoms with E-state index in [4.69, 9.17) is 4.99 Å². The van der Waals surface area contributed by atoms with E-state index < -0.39 is 10.0 Å². The second kappa shape index (κ2) is 18.7. The van der Waals surface area contributed by atoms with Gasteiger partial charge in [-0.25, -0.2) is 13.1 Å². The third-order valence-corrected chi connectivity index (χ3v) is 8.90. The molecule has 1 amide bonds. The average Bonchev–Trinajstić information content (AvgIpc) is 3.41. The van der Waals surface area contributed by atoms with E-state index >= 15 is 0 Å². The zero-order valence-electron chi connectivity index (χ0n) is 26.4. The number of nitrogens with one attached hydrogen (secondary N) is 2. The van der Waals surface area contributed by atoms with Crippen LogP contribution in [0.5, 0.6) is 0 Å². The lowest BCUT2D eigenvalue weighted by Gasteiger charge is -2.28. The van der Waals surface area contributed by atoms with Gasteiger partial charge < -0.3 is 5.32 Å². The van der Waals surface area contributed by atoms with Crippen molar-refractivity contribution in [3.05, 3.63) is 78.4 Å². The summed E-state index contributed by atoms with van der Waals surface area (Å²) >= 11 is 0. The second-order valence-electron chi connectivity index (χ2n) is 11.4. The van der Waals surface area contributed by atoms with Gasteiger partial charge in [-0.2, -0.15) is 0 Å². The number of carbonyl (C=O) groups excluding carboxylic acids is 1. The number of allylic oxidation sites excluding steroid dienone is 1. The summed E-state index contributed by atoms with van der Waals surface area (Å²) in [5.41, 5.74) is 2.81. The van der Waals surface area contributed by atoms with E-state index in [-0.39, 0.29) is 23.8 Å². The van der Waals surface area contributed by atoms with Crippen molar-refractivity contribution >= 4 is 21.8 Å². The van der Waals surface area contributed by atoms with Crippen molar-refractivity contribution in [2.75, 3.05) is 6.54 Å². The molecule has 3 aliphatic rings. The minimum atomic E-state index is -3.48. The molecule has 2 atom stereocenters. The van der Waals surface area contributed by atoms with Crippen LogP contribution in [0.4, 0.5) is 0 Å². The Morgan fingerprint density at radius 2 is 1.50 bits per heavy atom. The Hall–Kier alpha value is -2.77. The number of hydrogen-bond donors (Lipinski definition) is 2. The van der Waals surface area contributed by atoms with Crippen molar-refractivity contribution in [3.8, 4) is 0 Å². The summed E-state index contributed by atoms with van der Waals surface area (Å²) in [4.78, 5) is 18.1. The predicted octanol–water partition coefficient (Wildman–Crippen LogP) is 7.81. The van der Waals surface area contributed by atoms with E-state index in [1.165, 1.54) is 24.0 Å². The van der Waals surface area contributed by atoms with Gasteiger partial charge in [0.1, 0.15) is 5.84 Å². The minimum absolute atomic E-state index is 0.0235. The van der Waals surface area contributed by atoms with Crippen molar-refractivity contribution < 1.29 is 13.2 Å². The van der Waals surface area contributed by atoms with Gasteiger partial charge in [-0.3, -0.25) is 9.79 Å². The number of rotatable bonds is 5. The molecule has 1 aliphatic heterocycles. The summed E-state index contributed by atoms with van der Waals surface area (Å²) in [6.45, 7) is 14.2. The molecular formula is C35H53N3O3S. The summed E-state index contributed by atoms with van der Waals surface area (Å²) in [5, 5.41) is 3.13. The van der Waals surface area contributed by atoms with Crippen LogP contribution in [0.15, 0.2) is 77.1 Å². The van der Waals surface area contributed by atoms with Crippen LogP contribution in [0, 0.1) is 11.8 Å². The van der Waals surface area contributed by atoms with Crippen LogP contribution in [-0.4, -0.2) is 32.7 Å². The van der Waals surface area contributed by atoms with Crippen LogP contribution in [0.2, 0.25) is 0 Å². The van der Waals surface area contributed by atoms with Crippen molar-refractivity contribution in [1.29, 1.82) is 0 Å².